The second kappa shape index (κ2) is 7.58. The SMILES string of the molecule is N[C@@H](CCC(=O)c1cccccccs1)C(=O)O. The average Bonchev–Trinajstić information content (AvgIpc) is 2.48. The van der Waals surface area contributed by atoms with E-state index in [1.165, 1.54) is 11.3 Å². The maximum Gasteiger partial charge on any atom is 0.320 e. The van der Waals surface area contributed by atoms with Gasteiger partial charge < -0.3 is 10.8 Å². The van der Waals surface area contributed by atoms with Crippen molar-refractivity contribution in [3.05, 3.63) is 46.7 Å². The standard InChI is InChI=1S/C13H15NO3S/c14-10(13(16)17)7-8-11(15)12-6-4-2-1-3-5-9-18-12/h1-6,9-10H,7-8,14H2,(H,16,17)/t10-/m0/s1. The molecule has 0 aliphatic heterocycles. The van der Waals surface area contributed by atoms with E-state index >= 15 is 0 Å². The Hall–Kier alpha value is -1.72. The highest BCUT2D eigenvalue weighted by molar-refractivity contribution is 7.11. The summed E-state index contributed by atoms with van der Waals surface area (Å²) in [4.78, 5) is 23.0. The minimum absolute atomic E-state index is 0.0899. The van der Waals surface area contributed by atoms with Gasteiger partial charge in [0, 0.05) is 6.42 Å². The Balaban J connectivity index is 2.73. The summed E-state index contributed by atoms with van der Waals surface area (Å²) in [6.07, 6.45) is 0.291. The van der Waals surface area contributed by atoms with Crippen LogP contribution in [-0.2, 0) is 4.79 Å². The van der Waals surface area contributed by atoms with Crippen molar-refractivity contribution >= 4 is 23.1 Å². The van der Waals surface area contributed by atoms with Gasteiger partial charge in [0.15, 0.2) is 5.78 Å². The lowest BCUT2D eigenvalue weighted by molar-refractivity contribution is -0.138. The first-order valence-electron chi connectivity index (χ1n) is 5.49. The van der Waals surface area contributed by atoms with Gasteiger partial charge in [-0.05, 0) is 17.9 Å². The third-order valence-electron chi connectivity index (χ3n) is 2.24. The summed E-state index contributed by atoms with van der Waals surface area (Å²) in [5.74, 6) is -1.17. The number of carbonyl (C=O) groups excluding carboxylic acids is 1. The van der Waals surface area contributed by atoms with Crippen LogP contribution in [0, 0.1) is 0 Å². The maximum atomic E-state index is 11.9. The Bertz CT molecular complexity index is 445. The fourth-order valence-electron chi connectivity index (χ4n) is 1.22. The molecule has 1 heterocycles. The first kappa shape index (κ1) is 14.3. The molecule has 0 aromatic carbocycles. The molecule has 18 heavy (non-hydrogen) atoms. The van der Waals surface area contributed by atoms with Crippen molar-refractivity contribution in [2.45, 2.75) is 18.9 Å². The molecule has 0 aliphatic rings. The maximum absolute atomic E-state index is 11.9. The minimum Gasteiger partial charge on any atom is -0.480 e. The number of Topliss-reactive ketones (excluding diaryl/α,β-unsaturated/α-hetero) is 1. The molecule has 0 saturated carbocycles. The summed E-state index contributed by atoms with van der Waals surface area (Å²) in [5.41, 5.74) is 5.36. The molecule has 0 aliphatic carbocycles. The van der Waals surface area contributed by atoms with Crippen LogP contribution in [0.2, 0.25) is 0 Å². The van der Waals surface area contributed by atoms with Gasteiger partial charge in [-0.3, -0.25) is 9.59 Å². The number of ketones is 1. The van der Waals surface area contributed by atoms with Crippen LogP contribution in [0.3, 0.4) is 0 Å². The molecule has 0 fully saturated rings. The summed E-state index contributed by atoms with van der Waals surface area (Å²) in [5, 5.41) is 10.4. The van der Waals surface area contributed by atoms with E-state index in [1.54, 1.807) is 12.1 Å². The first-order valence-corrected chi connectivity index (χ1v) is 6.37. The van der Waals surface area contributed by atoms with Crippen molar-refractivity contribution < 1.29 is 14.7 Å². The van der Waals surface area contributed by atoms with Crippen molar-refractivity contribution in [2.24, 2.45) is 5.73 Å². The summed E-state index contributed by atoms with van der Waals surface area (Å²) in [6.45, 7) is 0. The van der Waals surface area contributed by atoms with Crippen LogP contribution < -0.4 is 5.73 Å². The van der Waals surface area contributed by atoms with E-state index in [1.807, 2.05) is 29.6 Å². The van der Waals surface area contributed by atoms with Crippen LogP contribution in [-0.4, -0.2) is 22.9 Å². The predicted molar refractivity (Wildman–Crippen MR) is 71.1 cm³/mol. The van der Waals surface area contributed by atoms with Crippen LogP contribution in [0.5, 0.6) is 0 Å². The highest BCUT2D eigenvalue weighted by atomic mass is 32.1. The number of hydrogen-bond donors (Lipinski definition) is 2. The Labute approximate surface area is 109 Å². The molecule has 1 aromatic heterocycles. The summed E-state index contributed by atoms with van der Waals surface area (Å²) in [7, 11) is 0. The van der Waals surface area contributed by atoms with E-state index in [2.05, 4.69) is 0 Å². The minimum atomic E-state index is -1.08. The molecule has 96 valence electrons. The van der Waals surface area contributed by atoms with E-state index in [4.69, 9.17) is 10.8 Å². The number of nitrogens with two attached hydrogens (primary N) is 1. The van der Waals surface area contributed by atoms with Gasteiger partial charge in [0.05, 0.1) is 4.88 Å². The summed E-state index contributed by atoms with van der Waals surface area (Å²) >= 11 is 1.32. The van der Waals surface area contributed by atoms with Crippen LogP contribution >= 0.6 is 11.3 Å². The highest BCUT2D eigenvalue weighted by Crippen LogP contribution is 2.09. The van der Waals surface area contributed by atoms with Gasteiger partial charge in [0.1, 0.15) is 6.04 Å². The number of aliphatic carboxylic acids is 1. The van der Waals surface area contributed by atoms with Gasteiger partial charge >= 0.3 is 5.97 Å². The zero-order valence-electron chi connectivity index (χ0n) is 9.78. The monoisotopic (exact) mass is 265 g/mol. The number of carbonyl (C=O) groups is 2. The molecular formula is C13H15NO3S. The second-order valence-electron chi connectivity index (χ2n) is 3.65. The Morgan fingerprint density at radius 1 is 1.22 bits per heavy atom. The van der Waals surface area contributed by atoms with E-state index in [9.17, 15) is 9.59 Å². The van der Waals surface area contributed by atoms with Crippen LogP contribution in [0.25, 0.3) is 0 Å². The van der Waals surface area contributed by atoms with Crippen LogP contribution in [0.15, 0.2) is 41.8 Å². The number of rotatable bonds is 5. The van der Waals surface area contributed by atoms with Gasteiger partial charge in [0.2, 0.25) is 0 Å². The molecule has 0 saturated heterocycles. The molecule has 1 rings (SSSR count). The molecule has 1 atom stereocenters. The Morgan fingerprint density at radius 2 is 1.89 bits per heavy atom. The number of hydrogen-bond acceptors (Lipinski definition) is 4. The van der Waals surface area contributed by atoms with Gasteiger partial charge in [-0.1, -0.05) is 30.3 Å². The molecule has 1 aromatic rings. The molecule has 0 unspecified atom stereocenters. The molecule has 0 spiro atoms. The fraction of sp³-hybridized carbons (Fsp3) is 0.231. The molecule has 5 heteroatoms. The van der Waals surface area contributed by atoms with E-state index < -0.39 is 12.0 Å². The lowest BCUT2D eigenvalue weighted by Crippen LogP contribution is -2.30. The largest absolute Gasteiger partial charge is 0.480 e. The fourth-order valence-corrected chi connectivity index (χ4v) is 1.93. The van der Waals surface area contributed by atoms with Gasteiger partial charge in [-0.15, -0.1) is 11.3 Å². The topological polar surface area (TPSA) is 80.4 Å². The molecule has 0 bridgehead atoms. The zero-order valence-corrected chi connectivity index (χ0v) is 10.6. The third kappa shape index (κ3) is 5.07. The van der Waals surface area contributed by atoms with E-state index in [0.29, 0.717) is 4.88 Å². The van der Waals surface area contributed by atoms with E-state index in [0.717, 1.165) is 0 Å². The molecule has 0 radical (unpaired) electrons. The lowest BCUT2D eigenvalue weighted by Gasteiger charge is -2.04. The normalized spacial score (nSPS) is 11.4. The second-order valence-corrected chi connectivity index (χ2v) is 4.60. The van der Waals surface area contributed by atoms with E-state index in [-0.39, 0.29) is 18.6 Å². The van der Waals surface area contributed by atoms with Crippen LogP contribution in [0.1, 0.15) is 22.5 Å². The Kier molecular flexibility index (Phi) is 6.04. The molecule has 0 amide bonds. The molecule has 3 N–H and O–H groups in total. The van der Waals surface area contributed by atoms with Gasteiger partial charge in [0.25, 0.3) is 0 Å². The molecule has 4 nitrogen and oxygen atoms in total. The van der Waals surface area contributed by atoms with Gasteiger partial charge in [-0.25, -0.2) is 0 Å². The van der Waals surface area contributed by atoms with Crippen molar-refractivity contribution in [1.29, 1.82) is 0 Å². The number of carboxylic acid groups (broad SMARTS) is 1. The van der Waals surface area contributed by atoms with Crippen molar-refractivity contribution in [1.82, 2.24) is 0 Å². The van der Waals surface area contributed by atoms with Crippen LogP contribution in [0.4, 0.5) is 0 Å². The van der Waals surface area contributed by atoms with Gasteiger partial charge in [-0.2, -0.15) is 0 Å². The smallest absolute Gasteiger partial charge is 0.320 e. The quantitative estimate of drug-likeness (QED) is 0.800. The highest BCUT2D eigenvalue weighted by Gasteiger charge is 2.14. The lowest BCUT2D eigenvalue weighted by atomic mass is 10.1. The first-order chi connectivity index (χ1) is 8.61. The number of carboxylic acids is 1. The third-order valence-corrected chi connectivity index (χ3v) is 3.15. The summed E-state index contributed by atoms with van der Waals surface area (Å²) < 4.78 is 0. The zero-order chi connectivity index (χ0) is 13.4. The predicted octanol–water partition coefficient (Wildman–Crippen LogP) is 2.25. The average molecular weight is 265 g/mol. The van der Waals surface area contributed by atoms with Crippen molar-refractivity contribution in [3.8, 4) is 0 Å². The molecular weight excluding hydrogens is 250 g/mol. The van der Waals surface area contributed by atoms with Crippen molar-refractivity contribution in [3.63, 3.8) is 0 Å². The Morgan fingerprint density at radius 3 is 2.61 bits per heavy atom. The van der Waals surface area contributed by atoms with Crippen molar-refractivity contribution in [2.75, 3.05) is 0 Å². The summed E-state index contributed by atoms with van der Waals surface area (Å²) in [6, 6.07) is 9.91.